The molecule has 2 aliphatic rings. The van der Waals surface area contributed by atoms with Gasteiger partial charge in [0.2, 0.25) is 5.91 Å². The molecule has 1 aliphatic heterocycles. The number of hydrogen-bond donors (Lipinski definition) is 2. The number of aliphatic imine (C=N–C) groups is 1. The Labute approximate surface area is 101 Å². The predicted molar refractivity (Wildman–Crippen MR) is 67.8 cm³/mol. The molecule has 0 aromatic rings. The van der Waals surface area contributed by atoms with Gasteiger partial charge in [0.1, 0.15) is 0 Å². The molecule has 90 valence electrons. The predicted octanol–water partition coefficient (Wildman–Crippen LogP) is 1.13. The summed E-state index contributed by atoms with van der Waals surface area (Å²) in [6, 6.07) is 0.485. The van der Waals surface area contributed by atoms with Crippen LogP contribution in [0.2, 0.25) is 0 Å². The highest BCUT2D eigenvalue weighted by atomic mass is 32.2. The van der Waals surface area contributed by atoms with Gasteiger partial charge in [-0.15, -0.1) is 0 Å². The van der Waals surface area contributed by atoms with E-state index in [0.717, 1.165) is 43.3 Å². The first-order valence-electron chi connectivity index (χ1n) is 6.05. The summed E-state index contributed by atoms with van der Waals surface area (Å²) in [5.74, 6) is 1.36. The van der Waals surface area contributed by atoms with Gasteiger partial charge in [0.25, 0.3) is 0 Å². The number of carbonyl (C=O) groups is 1. The zero-order chi connectivity index (χ0) is 11.2. The van der Waals surface area contributed by atoms with Crippen LogP contribution in [0.3, 0.4) is 0 Å². The standard InChI is InChI=1S/C11H19N3OS/c15-10(14-9-4-5-9)3-1-6-12-11-13-7-2-8-16-11/h9H,1-8H2,(H,12,13)(H,14,15). The number of rotatable bonds is 5. The molecule has 0 bridgehead atoms. The number of amidine groups is 1. The van der Waals surface area contributed by atoms with E-state index in [1.807, 2.05) is 0 Å². The third kappa shape index (κ3) is 4.43. The summed E-state index contributed by atoms with van der Waals surface area (Å²) in [5, 5.41) is 7.32. The summed E-state index contributed by atoms with van der Waals surface area (Å²) in [5.41, 5.74) is 0. The molecular weight excluding hydrogens is 222 g/mol. The van der Waals surface area contributed by atoms with Crippen LogP contribution in [0.15, 0.2) is 4.99 Å². The molecule has 1 amide bonds. The molecule has 0 aromatic carbocycles. The molecule has 2 N–H and O–H groups in total. The molecule has 16 heavy (non-hydrogen) atoms. The third-order valence-corrected chi connectivity index (χ3v) is 3.64. The van der Waals surface area contributed by atoms with E-state index in [0.29, 0.717) is 12.5 Å². The molecule has 0 unspecified atom stereocenters. The van der Waals surface area contributed by atoms with Crippen LogP contribution in [-0.2, 0) is 4.79 Å². The smallest absolute Gasteiger partial charge is 0.220 e. The lowest BCUT2D eigenvalue weighted by Crippen LogP contribution is -2.28. The first-order valence-corrected chi connectivity index (χ1v) is 7.03. The minimum Gasteiger partial charge on any atom is -0.365 e. The van der Waals surface area contributed by atoms with E-state index in [2.05, 4.69) is 15.6 Å². The van der Waals surface area contributed by atoms with Crippen molar-refractivity contribution in [2.24, 2.45) is 4.99 Å². The van der Waals surface area contributed by atoms with Crippen molar-refractivity contribution in [1.82, 2.24) is 10.6 Å². The second-order valence-electron chi connectivity index (χ2n) is 4.26. The van der Waals surface area contributed by atoms with E-state index in [1.54, 1.807) is 11.8 Å². The lowest BCUT2D eigenvalue weighted by Gasteiger charge is -2.12. The van der Waals surface area contributed by atoms with Crippen LogP contribution in [0.4, 0.5) is 0 Å². The van der Waals surface area contributed by atoms with Gasteiger partial charge in [-0.2, -0.15) is 0 Å². The average Bonchev–Trinajstić information content (AvgIpc) is 3.10. The van der Waals surface area contributed by atoms with E-state index in [4.69, 9.17) is 0 Å². The van der Waals surface area contributed by atoms with Crippen molar-refractivity contribution in [3.8, 4) is 0 Å². The Morgan fingerprint density at radius 1 is 1.50 bits per heavy atom. The van der Waals surface area contributed by atoms with Crippen LogP contribution in [0, 0.1) is 0 Å². The van der Waals surface area contributed by atoms with Gasteiger partial charge in [0.05, 0.1) is 0 Å². The Hall–Kier alpha value is -0.710. The number of nitrogens with zero attached hydrogens (tertiary/aromatic N) is 1. The molecule has 2 rings (SSSR count). The fourth-order valence-electron chi connectivity index (χ4n) is 1.54. The zero-order valence-corrected chi connectivity index (χ0v) is 10.3. The Kier molecular flexibility index (Phi) is 4.51. The maximum Gasteiger partial charge on any atom is 0.220 e. The summed E-state index contributed by atoms with van der Waals surface area (Å²) in [6.45, 7) is 1.79. The summed E-state index contributed by atoms with van der Waals surface area (Å²) in [4.78, 5) is 15.7. The van der Waals surface area contributed by atoms with Gasteiger partial charge in [0.15, 0.2) is 5.17 Å². The van der Waals surface area contributed by atoms with Crippen LogP contribution >= 0.6 is 11.8 Å². The van der Waals surface area contributed by atoms with Crippen molar-refractivity contribution in [2.75, 3.05) is 18.8 Å². The molecule has 1 saturated carbocycles. The Morgan fingerprint density at radius 3 is 3.06 bits per heavy atom. The molecule has 4 nitrogen and oxygen atoms in total. The average molecular weight is 241 g/mol. The van der Waals surface area contributed by atoms with E-state index in [9.17, 15) is 4.79 Å². The van der Waals surface area contributed by atoms with Gasteiger partial charge < -0.3 is 10.6 Å². The van der Waals surface area contributed by atoms with Crippen molar-refractivity contribution in [3.63, 3.8) is 0 Å². The molecule has 1 fully saturated rings. The summed E-state index contributed by atoms with van der Waals surface area (Å²) in [6.07, 6.45) is 5.02. The molecule has 5 heteroatoms. The van der Waals surface area contributed by atoms with Gasteiger partial charge in [-0.3, -0.25) is 9.79 Å². The minimum absolute atomic E-state index is 0.197. The van der Waals surface area contributed by atoms with Crippen LogP contribution < -0.4 is 10.6 Å². The third-order valence-electron chi connectivity index (χ3n) is 2.60. The lowest BCUT2D eigenvalue weighted by atomic mass is 10.3. The van der Waals surface area contributed by atoms with Gasteiger partial charge in [0, 0.05) is 31.3 Å². The normalized spacial score (nSPS) is 20.1. The van der Waals surface area contributed by atoms with Gasteiger partial charge in [-0.05, 0) is 25.7 Å². The fraction of sp³-hybridized carbons (Fsp3) is 0.818. The molecule has 1 aliphatic carbocycles. The van der Waals surface area contributed by atoms with Crippen LogP contribution in [-0.4, -0.2) is 36.0 Å². The van der Waals surface area contributed by atoms with E-state index < -0.39 is 0 Å². The molecular formula is C11H19N3OS. The molecule has 0 atom stereocenters. The first kappa shape index (κ1) is 11.8. The van der Waals surface area contributed by atoms with Gasteiger partial charge in [-0.25, -0.2) is 0 Å². The van der Waals surface area contributed by atoms with E-state index in [-0.39, 0.29) is 5.91 Å². The molecule has 0 radical (unpaired) electrons. The van der Waals surface area contributed by atoms with E-state index in [1.165, 1.54) is 6.42 Å². The summed E-state index contributed by atoms with van der Waals surface area (Å²) in [7, 11) is 0. The highest BCUT2D eigenvalue weighted by Crippen LogP contribution is 2.18. The maximum atomic E-state index is 11.4. The first-order chi connectivity index (χ1) is 7.84. The Bertz CT molecular complexity index is 276. The van der Waals surface area contributed by atoms with Crippen molar-refractivity contribution >= 4 is 22.8 Å². The Morgan fingerprint density at radius 2 is 2.38 bits per heavy atom. The largest absolute Gasteiger partial charge is 0.365 e. The van der Waals surface area contributed by atoms with Crippen LogP contribution in [0.1, 0.15) is 32.1 Å². The van der Waals surface area contributed by atoms with Crippen molar-refractivity contribution in [1.29, 1.82) is 0 Å². The molecule has 0 aromatic heterocycles. The lowest BCUT2D eigenvalue weighted by molar-refractivity contribution is -0.121. The van der Waals surface area contributed by atoms with E-state index >= 15 is 0 Å². The fourth-order valence-corrected chi connectivity index (χ4v) is 2.39. The zero-order valence-electron chi connectivity index (χ0n) is 9.50. The highest BCUT2D eigenvalue weighted by Gasteiger charge is 2.22. The number of thioether (sulfide) groups is 1. The number of amides is 1. The van der Waals surface area contributed by atoms with Crippen LogP contribution in [0.5, 0.6) is 0 Å². The molecule has 0 spiro atoms. The number of carbonyl (C=O) groups excluding carboxylic acids is 1. The number of hydrogen-bond acceptors (Lipinski definition) is 4. The second kappa shape index (κ2) is 6.13. The van der Waals surface area contributed by atoms with Crippen molar-refractivity contribution < 1.29 is 4.79 Å². The van der Waals surface area contributed by atoms with Crippen LogP contribution in [0.25, 0.3) is 0 Å². The minimum atomic E-state index is 0.197. The topological polar surface area (TPSA) is 53.5 Å². The SMILES string of the molecule is O=C(CCCNC1=NCCCS1)NC1CC1. The monoisotopic (exact) mass is 241 g/mol. The molecule has 1 heterocycles. The molecule has 0 saturated heterocycles. The highest BCUT2D eigenvalue weighted by molar-refractivity contribution is 8.13. The van der Waals surface area contributed by atoms with Crippen molar-refractivity contribution in [3.05, 3.63) is 0 Å². The summed E-state index contributed by atoms with van der Waals surface area (Å²) < 4.78 is 0. The second-order valence-corrected chi connectivity index (χ2v) is 5.34. The number of nitrogens with one attached hydrogen (secondary N) is 2. The summed E-state index contributed by atoms with van der Waals surface area (Å²) >= 11 is 1.78. The maximum absolute atomic E-state index is 11.4. The van der Waals surface area contributed by atoms with Crippen molar-refractivity contribution in [2.45, 2.75) is 38.1 Å². The Balaban J connectivity index is 1.50. The quantitative estimate of drug-likeness (QED) is 0.709. The van der Waals surface area contributed by atoms with Gasteiger partial charge >= 0.3 is 0 Å². The van der Waals surface area contributed by atoms with Gasteiger partial charge in [-0.1, -0.05) is 11.8 Å².